The number of nitrogens with one attached hydrogen (secondary N) is 1. The van der Waals surface area contributed by atoms with Crippen molar-refractivity contribution < 1.29 is 0 Å². The molecule has 0 fully saturated rings. The van der Waals surface area contributed by atoms with Gasteiger partial charge in [0.25, 0.3) is 5.56 Å². The minimum Gasteiger partial charge on any atom is -0.358 e. The van der Waals surface area contributed by atoms with E-state index in [-0.39, 0.29) is 5.82 Å². The Morgan fingerprint density at radius 2 is 1.95 bits per heavy atom. The molecule has 2 aromatic rings. The second-order valence-corrected chi connectivity index (χ2v) is 4.12. The van der Waals surface area contributed by atoms with Crippen LogP contribution < -0.4 is 16.6 Å². The van der Waals surface area contributed by atoms with Crippen LogP contribution in [0, 0.1) is 6.92 Å². The predicted molar refractivity (Wildman–Crippen MR) is 68.8 cm³/mol. The summed E-state index contributed by atoms with van der Waals surface area (Å²) in [5, 5.41) is 6.73. The molecule has 1 N–H and O–H groups in total. The number of anilines is 1. The summed E-state index contributed by atoms with van der Waals surface area (Å²) in [4.78, 5) is 31.5. The van der Waals surface area contributed by atoms with Crippen LogP contribution in [0.5, 0.6) is 0 Å². The molecule has 0 aliphatic carbocycles. The largest absolute Gasteiger partial charge is 0.358 e. The van der Waals surface area contributed by atoms with E-state index in [0.29, 0.717) is 12.2 Å². The molecule has 0 bridgehead atoms. The average molecular weight is 262 g/mol. The molecule has 0 saturated heterocycles. The van der Waals surface area contributed by atoms with Gasteiger partial charge >= 0.3 is 5.69 Å². The number of aryl methyl sites for hydroxylation is 2. The SMILES string of the molecule is Cc1cnc(CNc2nn(C)c(=O)n(C)c2=O)cn1. The minimum atomic E-state index is -0.469. The second-order valence-electron chi connectivity index (χ2n) is 4.12. The Morgan fingerprint density at radius 3 is 2.58 bits per heavy atom. The molecule has 0 aliphatic heterocycles. The average Bonchev–Trinajstić information content (AvgIpc) is 2.41. The molecule has 0 radical (unpaired) electrons. The van der Waals surface area contributed by atoms with E-state index in [0.717, 1.165) is 14.9 Å². The normalized spacial score (nSPS) is 10.5. The number of hydrogen-bond donors (Lipinski definition) is 1. The van der Waals surface area contributed by atoms with Gasteiger partial charge in [-0.25, -0.2) is 9.48 Å². The fourth-order valence-electron chi connectivity index (χ4n) is 1.49. The molecule has 2 aromatic heterocycles. The smallest absolute Gasteiger partial charge is 0.346 e. The van der Waals surface area contributed by atoms with Crippen molar-refractivity contribution in [3.8, 4) is 0 Å². The highest BCUT2D eigenvalue weighted by Crippen LogP contribution is 1.97. The maximum atomic E-state index is 11.8. The zero-order chi connectivity index (χ0) is 14.0. The molecule has 0 amide bonds. The molecule has 0 unspecified atom stereocenters. The number of hydrogen-bond acceptors (Lipinski definition) is 6. The molecule has 0 aromatic carbocycles. The first kappa shape index (κ1) is 12.9. The van der Waals surface area contributed by atoms with Gasteiger partial charge in [-0.3, -0.25) is 19.3 Å². The molecule has 8 nitrogen and oxygen atoms in total. The van der Waals surface area contributed by atoms with Gasteiger partial charge in [-0.05, 0) is 6.92 Å². The summed E-state index contributed by atoms with van der Waals surface area (Å²) in [5.74, 6) is 0.104. The number of rotatable bonds is 3. The number of nitrogens with zero attached hydrogens (tertiary/aromatic N) is 5. The monoisotopic (exact) mass is 262 g/mol. The lowest BCUT2D eigenvalue weighted by Crippen LogP contribution is -2.39. The Balaban J connectivity index is 2.23. The lowest BCUT2D eigenvalue weighted by Gasteiger charge is -2.07. The van der Waals surface area contributed by atoms with Crippen LogP contribution in [-0.4, -0.2) is 24.3 Å². The Morgan fingerprint density at radius 1 is 1.21 bits per heavy atom. The van der Waals surface area contributed by atoms with Crippen LogP contribution in [0.4, 0.5) is 5.82 Å². The summed E-state index contributed by atoms with van der Waals surface area (Å²) in [6.07, 6.45) is 3.26. The summed E-state index contributed by atoms with van der Waals surface area (Å²) in [7, 11) is 2.89. The molecular formula is C11H14N6O2. The zero-order valence-electron chi connectivity index (χ0n) is 10.9. The maximum Gasteiger partial charge on any atom is 0.346 e. The standard InChI is InChI=1S/C11H14N6O2/c1-7-4-13-8(5-12-7)6-14-9-10(18)16(2)11(19)17(3)15-9/h4-5H,6H2,1-3H3,(H,14,15). The fraction of sp³-hybridized carbons (Fsp3) is 0.364. The van der Waals surface area contributed by atoms with Gasteiger partial charge in [-0.1, -0.05) is 0 Å². The van der Waals surface area contributed by atoms with Crippen LogP contribution >= 0.6 is 0 Å². The molecule has 2 heterocycles. The Bertz CT molecular complexity index is 701. The van der Waals surface area contributed by atoms with Crippen molar-refractivity contribution in [1.82, 2.24) is 24.3 Å². The molecule has 0 saturated carbocycles. The Hall–Kier alpha value is -2.51. The van der Waals surface area contributed by atoms with E-state index in [1.54, 1.807) is 12.4 Å². The summed E-state index contributed by atoms with van der Waals surface area (Å²) in [6, 6.07) is 0. The first-order valence-electron chi connectivity index (χ1n) is 5.65. The highest BCUT2D eigenvalue weighted by atomic mass is 16.2. The van der Waals surface area contributed by atoms with Crippen molar-refractivity contribution in [2.24, 2.45) is 14.1 Å². The quantitative estimate of drug-likeness (QED) is 0.777. The van der Waals surface area contributed by atoms with Crippen LogP contribution in [0.1, 0.15) is 11.4 Å². The van der Waals surface area contributed by atoms with Gasteiger partial charge < -0.3 is 5.32 Å². The van der Waals surface area contributed by atoms with Crippen molar-refractivity contribution in [3.05, 3.63) is 44.6 Å². The van der Waals surface area contributed by atoms with Gasteiger partial charge in [0, 0.05) is 20.3 Å². The number of aromatic nitrogens is 5. The third-order valence-electron chi connectivity index (χ3n) is 2.59. The second kappa shape index (κ2) is 5.01. The summed E-state index contributed by atoms with van der Waals surface area (Å²) in [6.45, 7) is 2.15. The minimum absolute atomic E-state index is 0.104. The first-order valence-corrected chi connectivity index (χ1v) is 5.65. The highest BCUT2D eigenvalue weighted by Gasteiger charge is 2.08. The van der Waals surface area contributed by atoms with E-state index in [2.05, 4.69) is 20.4 Å². The molecule has 19 heavy (non-hydrogen) atoms. The summed E-state index contributed by atoms with van der Waals surface area (Å²) >= 11 is 0. The van der Waals surface area contributed by atoms with Crippen LogP contribution in [-0.2, 0) is 20.6 Å². The van der Waals surface area contributed by atoms with E-state index in [9.17, 15) is 9.59 Å². The van der Waals surface area contributed by atoms with Crippen LogP contribution in [0.15, 0.2) is 22.0 Å². The molecule has 0 atom stereocenters. The third kappa shape index (κ3) is 2.67. The van der Waals surface area contributed by atoms with Gasteiger partial charge in [-0.2, -0.15) is 0 Å². The third-order valence-corrected chi connectivity index (χ3v) is 2.59. The maximum absolute atomic E-state index is 11.8. The molecule has 2 rings (SSSR count). The van der Waals surface area contributed by atoms with Crippen molar-refractivity contribution in [2.45, 2.75) is 13.5 Å². The lowest BCUT2D eigenvalue weighted by atomic mass is 10.4. The van der Waals surface area contributed by atoms with Gasteiger partial charge in [0.1, 0.15) is 0 Å². The predicted octanol–water partition coefficient (Wildman–Crippen LogP) is -0.810. The molecule has 0 aliphatic rings. The first-order chi connectivity index (χ1) is 8.99. The van der Waals surface area contributed by atoms with E-state index in [1.807, 2.05) is 6.92 Å². The van der Waals surface area contributed by atoms with Crippen LogP contribution in [0.25, 0.3) is 0 Å². The van der Waals surface area contributed by atoms with E-state index in [4.69, 9.17) is 0 Å². The van der Waals surface area contributed by atoms with Crippen molar-refractivity contribution in [1.29, 1.82) is 0 Å². The Kier molecular flexibility index (Phi) is 3.41. The van der Waals surface area contributed by atoms with Crippen LogP contribution in [0.3, 0.4) is 0 Å². The van der Waals surface area contributed by atoms with Crippen molar-refractivity contribution in [3.63, 3.8) is 0 Å². The summed E-state index contributed by atoms with van der Waals surface area (Å²) < 4.78 is 2.10. The topological polar surface area (TPSA) is 94.7 Å². The van der Waals surface area contributed by atoms with E-state index >= 15 is 0 Å². The molecule has 100 valence electrons. The molecule has 0 spiro atoms. The summed E-state index contributed by atoms with van der Waals surface area (Å²) in [5.41, 5.74) is 0.567. The van der Waals surface area contributed by atoms with Crippen molar-refractivity contribution in [2.75, 3.05) is 5.32 Å². The highest BCUT2D eigenvalue weighted by molar-refractivity contribution is 5.30. The van der Waals surface area contributed by atoms with Gasteiger partial charge in [0.05, 0.1) is 24.1 Å². The van der Waals surface area contributed by atoms with Gasteiger partial charge in [0.15, 0.2) is 0 Å². The molecular weight excluding hydrogens is 248 g/mol. The van der Waals surface area contributed by atoms with Crippen molar-refractivity contribution >= 4 is 5.82 Å². The molecule has 8 heteroatoms. The van der Waals surface area contributed by atoms with Gasteiger partial charge in [-0.15, -0.1) is 5.10 Å². The Labute approximate surface area is 108 Å². The van der Waals surface area contributed by atoms with E-state index in [1.165, 1.54) is 14.1 Å². The zero-order valence-corrected chi connectivity index (χ0v) is 10.9. The van der Waals surface area contributed by atoms with E-state index < -0.39 is 11.2 Å². The van der Waals surface area contributed by atoms with Crippen LogP contribution in [0.2, 0.25) is 0 Å². The van der Waals surface area contributed by atoms with Gasteiger partial charge in [0.2, 0.25) is 5.82 Å². The lowest BCUT2D eigenvalue weighted by molar-refractivity contribution is 0.604. The fourth-order valence-corrected chi connectivity index (χ4v) is 1.49.